The van der Waals surface area contributed by atoms with Gasteiger partial charge in [0.05, 0.1) is 0 Å². The van der Waals surface area contributed by atoms with Gasteiger partial charge in [0.2, 0.25) is 0 Å². The van der Waals surface area contributed by atoms with E-state index in [1.807, 2.05) is 0 Å². The lowest BCUT2D eigenvalue weighted by atomic mass is 10.0. The Labute approximate surface area is 513 Å². The van der Waals surface area contributed by atoms with Gasteiger partial charge in [0.25, 0.3) is 0 Å². The van der Waals surface area contributed by atoms with Crippen LogP contribution in [0.25, 0.3) is 0 Å². The number of esters is 3. The number of ether oxygens (including phenoxy) is 3. The molecule has 0 N–H and O–H groups in total. The normalized spacial score (nSPS) is 13.0. The zero-order chi connectivity index (χ0) is 59.9. The van der Waals surface area contributed by atoms with Crippen molar-refractivity contribution in [3.63, 3.8) is 0 Å². The minimum atomic E-state index is -0.800. The van der Waals surface area contributed by atoms with E-state index in [1.54, 1.807) is 0 Å². The van der Waals surface area contributed by atoms with E-state index in [0.717, 1.165) is 135 Å². The highest BCUT2D eigenvalue weighted by atomic mass is 16.6. The molecule has 0 spiro atoms. The largest absolute Gasteiger partial charge is 0.462 e. The predicted octanol–water partition coefficient (Wildman–Crippen LogP) is 24.1. The molecule has 0 rings (SSSR count). The van der Waals surface area contributed by atoms with Gasteiger partial charge >= 0.3 is 17.9 Å². The first-order chi connectivity index (χ1) is 41.0. The van der Waals surface area contributed by atoms with Gasteiger partial charge in [0.1, 0.15) is 13.2 Å². The van der Waals surface area contributed by atoms with Gasteiger partial charge in [-0.25, -0.2) is 0 Å². The van der Waals surface area contributed by atoms with E-state index in [-0.39, 0.29) is 37.5 Å². The third-order valence-electron chi connectivity index (χ3n) is 14.7. The molecule has 0 aliphatic carbocycles. The van der Waals surface area contributed by atoms with Crippen molar-refractivity contribution in [2.24, 2.45) is 0 Å². The average Bonchev–Trinajstić information content (AvgIpc) is 3.49. The molecule has 0 aromatic carbocycles. The minimum absolute atomic E-state index is 0.0917. The summed E-state index contributed by atoms with van der Waals surface area (Å²) in [6.07, 6.45) is 99.0. The molecule has 1 unspecified atom stereocenters. The van der Waals surface area contributed by atoms with Crippen LogP contribution in [0, 0.1) is 0 Å². The fourth-order valence-electron chi connectivity index (χ4n) is 9.53. The Kier molecular flexibility index (Phi) is 66.3. The predicted molar refractivity (Wildman–Crippen MR) is 362 cm³/mol. The number of carbonyl (C=O) groups is 3. The Morgan fingerprint density at radius 3 is 0.747 bits per heavy atom. The molecular formula is C77H128O6. The highest BCUT2D eigenvalue weighted by Gasteiger charge is 2.19. The van der Waals surface area contributed by atoms with Gasteiger partial charge in [-0.3, -0.25) is 14.4 Å². The lowest BCUT2D eigenvalue weighted by Gasteiger charge is -2.18. The Bertz CT molecular complexity index is 1750. The number of allylic oxidation sites excluding steroid dienone is 22. The number of hydrogen-bond donors (Lipinski definition) is 0. The van der Waals surface area contributed by atoms with Crippen molar-refractivity contribution in [2.45, 2.75) is 322 Å². The lowest BCUT2D eigenvalue weighted by molar-refractivity contribution is -0.167. The molecule has 0 heterocycles. The van der Waals surface area contributed by atoms with E-state index >= 15 is 0 Å². The van der Waals surface area contributed by atoms with Gasteiger partial charge in [0, 0.05) is 19.3 Å². The second kappa shape index (κ2) is 70.0. The van der Waals surface area contributed by atoms with Crippen LogP contribution >= 0.6 is 0 Å². The van der Waals surface area contributed by atoms with Crippen LogP contribution in [0.5, 0.6) is 0 Å². The summed E-state index contributed by atoms with van der Waals surface area (Å²) in [4.78, 5) is 38.4. The van der Waals surface area contributed by atoms with Crippen LogP contribution in [0.2, 0.25) is 0 Å². The number of rotatable bonds is 62. The molecule has 0 aromatic heterocycles. The molecule has 472 valence electrons. The van der Waals surface area contributed by atoms with E-state index in [9.17, 15) is 14.4 Å². The first kappa shape index (κ1) is 78.5. The van der Waals surface area contributed by atoms with Crippen LogP contribution in [0.1, 0.15) is 316 Å². The summed E-state index contributed by atoms with van der Waals surface area (Å²) in [5, 5.41) is 0. The third-order valence-corrected chi connectivity index (χ3v) is 14.7. The van der Waals surface area contributed by atoms with Crippen molar-refractivity contribution in [2.75, 3.05) is 13.2 Å². The summed E-state index contributed by atoms with van der Waals surface area (Å²) >= 11 is 0. The second-order valence-electron chi connectivity index (χ2n) is 22.7. The summed E-state index contributed by atoms with van der Waals surface area (Å²) in [6.45, 7) is 6.41. The molecule has 0 aliphatic heterocycles. The molecule has 0 aliphatic rings. The molecule has 0 saturated heterocycles. The summed E-state index contributed by atoms with van der Waals surface area (Å²) < 4.78 is 16.9. The maximum atomic E-state index is 12.9. The fraction of sp³-hybridized carbons (Fsp3) is 0.675. The smallest absolute Gasteiger partial charge is 0.306 e. The van der Waals surface area contributed by atoms with Gasteiger partial charge in [-0.15, -0.1) is 0 Å². The van der Waals surface area contributed by atoms with Crippen molar-refractivity contribution >= 4 is 17.9 Å². The Morgan fingerprint density at radius 2 is 0.470 bits per heavy atom. The van der Waals surface area contributed by atoms with Crippen molar-refractivity contribution in [1.29, 1.82) is 0 Å². The standard InChI is InChI=1S/C77H128O6/c1-4-7-10-13-16-19-22-25-27-29-31-33-35-37-38-40-41-43-45-47-49-52-55-58-61-64-67-70-76(79)82-73-74(72-81-75(78)69-66-63-60-57-54-51-24-21-18-15-12-9-6-3)83-77(80)71-68-65-62-59-56-53-50-48-46-44-42-39-36-34-32-30-28-26-23-20-17-14-11-8-5-2/h7-8,10-11,16-17,19-20,25-28,31-34,39,42,46,48,53,56,74H,4-6,9,12-15,18,21-24,29-30,35-38,40-41,43-45,47,49-52,54-55,57-73H2,1-3H3/b10-7-,11-8-,19-16-,20-17-,27-25-,28-26-,33-31-,34-32-,42-39-,48-46-,56-53-. The SMILES string of the molecule is CC/C=C\C/C=C\C/C=C\C/C=C\C/C=C\C/C=C\C/C=C\CCCCCC(=O)OC(COC(=O)CCCCCCCCCCCCCCC)COC(=O)CCCCCCCCCCCCCCCC/C=C\C/C=C\C/C=C\C/C=C\CC. The molecule has 0 aromatic rings. The Hall–Kier alpha value is -4.45. The van der Waals surface area contributed by atoms with Crippen molar-refractivity contribution in [3.05, 3.63) is 134 Å². The number of hydrogen-bond acceptors (Lipinski definition) is 6. The maximum absolute atomic E-state index is 12.9. The zero-order valence-corrected chi connectivity index (χ0v) is 54.2. The van der Waals surface area contributed by atoms with E-state index in [2.05, 4.69) is 154 Å². The average molecular weight is 1150 g/mol. The van der Waals surface area contributed by atoms with Crippen molar-refractivity contribution < 1.29 is 28.6 Å². The number of carbonyl (C=O) groups excluding carboxylic acids is 3. The molecule has 6 nitrogen and oxygen atoms in total. The summed E-state index contributed by atoms with van der Waals surface area (Å²) in [5.41, 5.74) is 0. The van der Waals surface area contributed by atoms with Gasteiger partial charge in [-0.2, -0.15) is 0 Å². The van der Waals surface area contributed by atoms with Crippen molar-refractivity contribution in [3.8, 4) is 0 Å². The monoisotopic (exact) mass is 1150 g/mol. The summed E-state index contributed by atoms with van der Waals surface area (Å²) in [6, 6.07) is 0. The molecule has 0 saturated carbocycles. The molecule has 0 radical (unpaired) electrons. The van der Waals surface area contributed by atoms with Crippen LogP contribution in [0.3, 0.4) is 0 Å². The van der Waals surface area contributed by atoms with Crippen LogP contribution in [0.15, 0.2) is 134 Å². The zero-order valence-electron chi connectivity index (χ0n) is 54.2. The highest BCUT2D eigenvalue weighted by Crippen LogP contribution is 2.17. The maximum Gasteiger partial charge on any atom is 0.306 e. The van der Waals surface area contributed by atoms with Crippen LogP contribution in [-0.4, -0.2) is 37.2 Å². The highest BCUT2D eigenvalue weighted by molar-refractivity contribution is 5.71. The lowest BCUT2D eigenvalue weighted by Crippen LogP contribution is -2.30. The summed E-state index contributed by atoms with van der Waals surface area (Å²) in [7, 11) is 0. The van der Waals surface area contributed by atoms with E-state index < -0.39 is 6.10 Å². The molecule has 0 bridgehead atoms. The van der Waals surface area contributed by atoms with Gasteiger partial charge < -0.3 is 14.2 Å². The topological polar surface area (TPSA) is 78.9 Å². The first-order valence-corrected chi connectivity index (χ1v) is 34.7. The molecule has 6 heteroatoms. The summed E-state index contributed by atoms with van der Waals surface area (Å²) in [5.74, 6) is -0.916. The Balaban J connectivity index is 4.36. The van der Waals surface area contributed by atoms with Gasteiger partial charge in [0.15, 0.2) is 6.10 Å². The molecule has 1 atom stereocenters. The van der Waals surface area contributed by atoms with Crippen LogP contribution < -0.4 is 0 Å². The van der Waals surface area contributed by atoms with Crippen LogP contribution in [0.4, 0.5) is 0 Å². The molecular weight excluding hydrogens is 1020 g/mol. The first-order valence-electron chi connectivity index (χ1n) is 34.7. The Morgan fingerprint density at radius 1 is 0.253 bits per heavy atom. The van der Waals surface area contributed by atoms with E-state index in [4.69, 9.17) is 14.2 Å². The number of unbranched alkanes of at least 4 members (excludes halogenated alkanes) is 29. The van der Waals surface area contributed by atoms with Crippen LogP contribution in [-0.2, 0) is 28.6 Å². The van der Waals surface area contributed by atoms with Gasteiger partial charge in [-0.1, -0.05) is 315 Å². The quantitative estimate of drug-likeness (QED) is 0.0261. The van der Waals surface area contributed by atoms with E-state index in [0.29, 0.717) is 12.8 Å². The fourth-order valence-corrected chi connectivity index (χ4v) is 9.53. The molecule has 0 amide bonds. The van der Waals surface area contributed by atoms with E-state index in [1.165, 1.54) is 141 Å². The van der Waals surface area contributed by atoms with Gasteiger partial charge in [-0.05, 0) is 116 Å². The minimum Gasteiger partial charge on any atom is -0.462 e. The molecule has 0 fully saturated rings. The second-order valence-corrected chi connectivity index (χ2v) is 22.7. The molecule has 83 heavy (non-hydrogen) atoms. The third kappa shape index (κ3) is 68.2. The van der Waals surface area contributed by atoms with Crippen molar-refractivity contribution in [1.82, 2.24) is 0 Å².